The maximum absolute atomic E-state index is 8.88. The number of rotatable bonds is 5. The molecule has 3 N–H and O–H groups in total. The molecule has 0 radical (unpaired) electrons. The van der Waals surface area contributed by atoms with E-state index in [1.807, 2.05) is 26.2 Å². The largest absolute Gasteiger partial charge is 0.396 e. The molecule has 1 rings (SSSR count). The van der Waals surface area contributed by atoms with Crippen LogP contribution in [-0.4, -0.2) is 27.2 Å². The lowest BCUT2D eigenvalue weighted by molar-refractivity contribution is 0.713. The second-order valence-corrected chi connectivity index (χ2v) is 3.73. The van der Waals surface area contributed by atoms with Crippen LogP contribution in [0.2, 0.25) is 0 Å². The lowest BCUT2D eigenvalue weighted by Crippen LogP contribution is -2.23. The SMILES string of the molecule is CNCCCN(C)c1cccc(C#N)c1N. The van der Waals surface area contributed by atoms with Gasteiger partial charge in [-0.3, -0.25) is 0 Å². The summed E-state index contributed by atoms with van der Waals surface area (Å²) in [6, 6.07) is 7.63. The highest BCUT2D eigenvalue weighted by Gasteiger charge is 2.07. The zero-order valence-electron chi connectivity index (χ0n) is 9.83. The Balaban J connectivity index is 2.76. The van der Waals surface area contributed by atoms with E-state index in [1.165, 1.54) is 0 Å². The van der Waals surface area contributed by atoms with Crippen molar-refractivity contribution >= 4 is 11.4 Å². The molecule has 0 aliphatic carbocycles. The topological polar surface area (TPSA) is 65.1 Å². The molecule has 0 unspecified atom stereocenters. The van der Waals surface area contributed by atoms with Gasteiger partial charge in [0.05, 0.1) is 16.9 Å². The Morgan fingerprint density at radius 1 is 1.50 bits per heavy atom. The predicted molar refractivity (Wildman–Crippen MR) is 67.4 cm³/mol. The number of hydrogen-bond donors (Lipinski definition) is 2. The summed E-state index contributed by atoms with van der Waals surface area (Å²) in [5, 5.41) is 12.0. The number of para-hydroxylation sites is 1. The summed E-state index contributed by atoms with van der Waals surface area (Å²) in [7, 11) is 3.92. The van der Waals surface area contributed by atoms with Gasteiger partial charge in [-0.15, -0.1) is 0 Å². The van der Waals surface area contributed by atoms with Crippen LogP contribution >= 0.6 is 0 Å². The quantitative estimate of drug-likeness (QED) is 0.575. The highest BCUT2D eigenvalue weighted by Crippen LogP contribution is 2.25. The molecule has 0 aliphatic heterocycles. The summed E-state index contributed by atoms with van der Waals surface area (Å²) in [6.45, 7) is 1.89. The smallest absolute Gasteiger partial charge is 0.101 e. The molecule has 86 valence electrons. The molecule has 0 spiro atoms. The summed E-state index contributed by atoms with van der Waals surface area (Å²) < 4.78 is 0. The normalized spacial score (nSPS) is 9.81. The maximum atomic E-state index is 8.88. The monoisotopic (exact) mass is 218 g/mol. The van der Waals surface area contributed by atoms with Crippen molar-refractivity contribution in [2.24, 2.45) is 0 Å². The van der Waals surface area contributed by atoms with Crippen molar-refractivity contribution in [1.29, 1.82) is 5.26 Å². The molecule has 0 heterocycles. The first kappa shape index (κ1) is 12.3. The van der Waals surface area contributed by atoms with E-state index in [4.69, 9.17) is 11.0 Å². The van der Waals surface area contributed by atoms with Crippen LogP contribution in [0.4, 0.5) is 11.4 Å². The first-order valence-corrected chi connectivity index (χ1v) is 5.35. The number of anilines is 2. The van der Waals surface area contributed by atoms with Gasteiger partial charge in [0.15, 0.2) is 0 Å². The van der Waals surface area contributed by atoms with Crippen molar-refractivity contribution in [3.05, 3.63) is 23.8 Å². The molecule has 0 saturated carbocycles. The van der Waals surface area contributed by atoms with Crippen LogP contribution in [-0.2, 0) is 0 Å². The summed E-state index contributed by atoms with van der Waals surface area (Å²) in [6.07, 6.45) is 1.04. The van der Waals surface area contributed by atoms with Crippen LogP contribution in [0, 0.1) is 11.3 Å². The fourth-order valence-electron chi connectivity index (χ4n) is 1.60. The fourth-order valence-corrected chi connectivity index (χ4v) is 1.60. The highest BCUT2D eigenvalue weighted by atomic mass is 15.1. The minimum absolute atomic E-state index is 0.540. The molecule has 0 fully saturated rings. The van der Waals surface area contributed by atoms with Crippen LogP contribution in [0.25, 0.3) is 0 Å². The van der Waals surface area contributed by atoms with E-state index >= 15 is 0 Å². The van der Waals surface area contributed by atoms with E-state index in [-0.39, 0.29) is 0 Å². The summed E-state index contributed by atoms with van der Waals surface area (Å²) in [5.74, 6) is 0. The lowest BCUT2D eigenvalue weighted by Gasteiger charge is -2.21. The average Bonchev–Trinajstić information content (AvgIpc) is 2.29. The predicted octanol–water partition coefficient (Wildman–Crippen LogP) is 1.19. The van der Waals surface area contributed by atoms with Crippen molar-refractivity contribution in [2.45, 2.75) is 6.42 Å². The van der Waals surface area contributed by atoms with E-state index in [9.17, 15) is 0 Å². The average molecular weight is 218 g/mol. The minimum Gasteiger partial charge on any atom is -0.396 e. The van der Waals surface area contributed by atoms with Gasteiger partial charge in [-0.25, -0.2) is 0 Å². The third-order valence-corrected chi connectivity index (χ3v) is 2.54. The van der Waals surface area contributed by atoms with Crippen molar-refractivity contribution in [3.8, 4) is 6.07 Å². The first-order valence-electron chi connectivity index (χ1n) is 5.35. The Morgan fingerprint density at radius 3 is 2.88 bits per heavy atom. The number of nitrogen functional groups attached to an aromatic ring is 1. The molecule has 0 bridgehead atoms. The maximum Gasteiger partial charge on any atom is 0.101 e. The van der Waals surface area contributed by atoms with Crippen molar-refractivity contribution in [1.82, 2.24) is 5.32 Å². The van der Waals surface area contributed by atoms with E-state index < -0.39 is 0 Å². The minimum atomic E-state index is 0.540. The van der Waals surface area contributed by atoms with E-state index in [1.54, 1.807) is 6.07 Å². The molecule has 0 aromatic heterocycles. The number of hydrogen-bond acceptors (Lipinski definition) is 4. The van der Waals surface area contributed by atoms with Crippen molar-refractivity contribution in [3.63, 3.8) is 0 Å². The van der Waals surface area contributed by atoms with Gasteiger partial charge in [0.2, 0.25) is 0 Å². The van der Waals surface area contributed by atoms with Gasteiger partial charge in [-0.2, -0.15) is 5.26 Å². The number of benzene rings is 1. The van der Waals surface area contributed by atoms with Gasteiger partial charge in [-0.05, 0) is 32.1 Å². The third kappa shape index (κ3) is 2.88. The van der Waals surface area contributed by atoms with E-state index in [0.717, 1.165) is 25.2 Å². The van der Waals surface area contributed by atoms with Crippen LogP contribution in [0.15, 0.2) is 18.2 Å². The van der Waals surface area contributed by atoms with Crippen molar-refractivity contribution in [2.75, 3.05) is 37.8 Å². The molecule has 4 nitrogen and oxygen atoms in total. The Hall–Kier alpha value is -1.73. The van der Waals surface area contributed by atoms with Gasteiger partial charge in [-0.1, -0.05) is 6.07 Å². The second kappa shape index (κ2) is 5.99. The zero-order valence-corrected chi connectivity index (χ0v) is 9.83. The lowest BCUT2D eigenvalue weighted by atomic mass is 10.1. The molecular formula is C12H18N4. The first-order chi connectivity index (χ1) is 7.70. The number of nitrogens with zero attached hydrogens (tertiary/aromatic N) is 2. The molecule has 0 saturated heterocycles. The summed E-state index contributed by atoms with van der Waals surface area (Å²) >= 11 is 0. The van der Waals surface area contributed by atoms with E-state index in [0.29, 0.717) is 11.3 Å². The molecule has 1 aromatic carbocycles. The molecule has 0 atom stereocenters. The van der Waals surface area contributed by atoms with Gasteiger partial charge in [0, 0.05) is 13.6 Å². The fraction of sp³-hybridized carbons (Fsp3) is 0.417. The number of nitrogens with one attached hydrogen (secondary N) is 1. The summed E-state index contributed by atoms with van der Waals surface area (Å²) in [5.41, 5.74) is 7.95. The molecule has 0 aliphatic rings. The van der Waals surface area contributed by atoms with Gasteiger partial charge >= 0.3 is 0 Å². The van der Waals surface area contributed by atoms with Crippen molar-refractivity contribution < 1.29 is 0 Å². The van der Waals surface area contributed by atoms with Crippen LogP contribution < -0.4 is 16.0 Å². The number of nitrogens with two attached hydrogens (primary N) is 1. The molecule has 16 heavy (non-hydrogen) atoms. The van der Waals surface area contributed by atoms with Gasteiger partial charge in [0.1, 0.15) is 6.07 Å². The second-order valence-electron chi connectivity index (χ2n) is 3.73. The Kier molecular flexibility index (Phi) is 4.62. The van der Waals surface area contributed by atoms with E-state index in [2.05, 4.69) is 16.3 Å². The Labute approximate surface area is 96.7 Å². The van der Waals surface area contributed by atoms with Crippen LogP contribution in [0.5, 0.6) is 0 Å². The molecular weight excluding hydrogens is 200 g/mol. The molecule has 4 heteroatoms. The standard InChI is InChI=1S/C12H18N4/c1-15-7-4-8-16(2)11-6-3-5-10(9-13)12(11)14/h3,5-6,15H,4,7-8,14H2,1-2H3. The third-order valence-electron chi connectivity index (χ3n) is 2.54. The molecule has 0 amide bonds. The number of nitriles is 1. The highest BCUT2D eigenvalue weighted by molar-refractivity contribution is 5.73. The zero-order chi connectivity index (χ0) is 12.0. The molecule has 1 aromatic rings. The van der Waals surface area contributed by atoms with Gasteiger partial charge in [0.25, 0.3) is 0 Å². The van der Waals surface area contributed by atoms with Gasteiger partial charge < -0.3 is 16.0 Å². The Morgan fingerprint density at radius 2 is 2.25 bits per heavy atom. The van der Waals surface area contributed by atoms with Crippen LogP contribution in [0.1, 0.15) is 12.0 Å². The summed E-state index contributed by atoms with van der Waals surface area (Å²) in [4.78, 5) is 2.08. The van der Waals surface area contributed by atoms with Crippen LogP contribution in [0.3, 0.4) is 0 Å². The Bertz CT molecular complexity index is 381.